The van der Waals surface area contributed by atoms with Gasteiger partial charge in [0.05, 0.1) is 5.75 Å². The third-order valence-electron chi connectivity index (χ3n) is 5.45. The summed E-state index contributed by atoms with van der Waals surface area (Å²) >= 11 is 7.51. The molecule has 2 aliphatic rings. The van der Waals surface area contributed by atoms with Crippen molar-refractivity contribution in [2.24, 2.45) is 5.92 Å². The molecule has 0 radical (unpaired) electrons. The van der Waals surface area contributed by atoms with E-state index in [-0.39, 0.29) is 29.2 Å². The molecule has 0 bridgehead atoms. The van der Waals surface area contributed by atoms with Gasteiger partial charge in [-0.3, -0.25) is 9.59 Å². The zero-order valence-electron chi connectivity index (χ0n) is 18.3. The van der Waals surface area contributed by atoms with Crippen molar-refractivity contribution in [3.05, 3.63) is 11.2 Å². The summed E-state index contributed by atoms with van der Waals surface area (Å²) < 4.78 is 0. The zero-order valence-corrected chi connectivity index (χ0v) is 19.9. The molecule has 2 amide bonds. The summed E-state index contributed by atoms with van der Waals surface area (Å²) in [5, 5.41) is 3.77. The van der Waals surface area contributed by atoms with E-state index in [0.29, 0.717) is 35.9 Å². The normalized spacial score (nSPS) is 20.5. The Morgan fingerprint density at radius 2 is 1.93 bits per heavy atom. The van der Waals surface area contributed by atoms with Gasteiger partial charge in [-0.15, -0.1) is 0 Å². The monoisotopic (exact) mass is 453 g/mol. The molecule has 3 rings (SSSR count). The first-order valence-electron chi connectivity index (χ1n) is 10.7. The van der Waals surface area contributed by atoms with Crippen LogP contribution >= 0.6 is 23.4 Å². The van der Waals surface area contributed by atoms with Gasteiger partial charge < -0.3 is 15.1 Å². The molecule has 1 aromatic heterocycles. The molecule has 1 N–H and O–H groups in total. The molecule has 1 aliphatic heterocycles. The number of carbonyl (C=O) groups excluding carboxylic acids is 2. The van der Waals surface area contributed by atoms with Crippen LogP contribution in [0.1, 0.15) is 53.4 Å². The zero-order chi connectivity index (χ0) is 21.9. The second kappa shape index (κ2) is 9.73. The molecule has 1 atom stereocenters. The van der Waals surface area contributed by atoms with E-state index in [1.807, 2.05) is 25.7 Å². The lowest BCUT2D eigenvalue weighted by molar-refractivity contribution is -0.137. The SMILES string of the molecule is CC1CN(c2cc(Cl)nc(SCC(=O)NC(C)(C)C)n2)CCN1C(=O)C1CCCC1. The van der Waals surface area contributed by atoms with Gasteiger partial charge in [-0.1, -0.05) is 36.2 Å². The summed E-state index contributed by atoms with van der Waals surface area (Å²) in [4.78, 5) is 38.0. The topological polar surface area (TPSA) is 78.4 Å². The Bertz CT molecular complexity index is 779. The summed E-state index contributed by atoms with van der Waals surface area (Å²) in [6, 6.07) is 1.87. The van der Waals surface area contributed by atoms with Gasteiger partial charge in [-0.2, -0.15) is 0 Å². The van der Waals surface area contributed by atoms with Gasteiger partial charge in [0.2, 0.25) is 11.8 Å². The van der Waals surface area contributed by atoms with Gasteiger partial charge in [0.25, 0.3) is 0 Å². The first kappa shape index (κ1) is 23.1. The van der Waals surface area contributed by atoms with Gasteiger partial charge in [-0.05, 0) is 40.5 Å². The van der Waals surface area contributed by atoms with Crippen molar-refractivity contribution in [1.82, 2.24) is 20.2 Å². The van der Waals surface area contributed by atoms with E-state index in [0.717, 1.165) is 18.7 Å². The summed E-state index contributed by atoms with van der Waals surface area (Å²) in [6.45, 7) is 10.0. The molecular weight excluding hydrogens is 422 g/mol. The highest BCUT2D eigenvalue weighted by atomic mass is 35.5. The average Bonchev–Trinajstić information content (AvgIpc) is 3.19. The van der Waals surface area contributed by atoms with Gasteiger partial charge in [0.15, 0.2) is 5.16 Å². The maximum atomic E-state index is 12.8. The number of thioether (sulfide) groups is 1. The Morgan fingerprint density at radius 3 is 2.57 bits per heavy atom. The van der Waals surface area contributed by atoms with Crippen LogP contribution in [-0.4, -0.2) is 63.7 Å². The third kappa shape index (κ3) is 6.23. The van der Waals surface area contributed by atoms with Crippen molar-refractivity contribution in [3.63, 3.8) is 0 Å². The van der Waals surface area contributed by atoms with E-state index in [1.54, 1.807) is 6.07 Å². The highest BCUT2D eigenvalue weighted by Crippen LogP contribution is 2.29. The van der Waals surface area contributed by atoms with Crippen molar-refractivity contribution in [2.75, 3.05) is 30.3 Å². The first-order valence-corrected chi connectivity index (χ1v) is 12.0. The molecule has 2 heterocycles. The summed E-state index contributed by atoms with van der Waals surface area (Å²) in [6.07, 6.45) is 4.38. The molecule has 1 aliphatic carbocycles. The number of piperazine rings is 1. The van der Waals surface area contributed by atoms with Crippen molar-refractivity contribution in [3.8, 4) is 0 Å². The van der Waals surface area contributed by atoms with E-state index in [9.17, 15) is 9.59 Å². The lowest BCUT2D eigenvalue weighted by Crippen LogP contribution is -2.55. The predicted octanol–water partition coefficient (Wildman–Crippen LogP) is 3.36. The third-order valence-corrected chi connectivity index (χ3v) is 6.49. The second-order valence-corrected chi connectivity index (χ2v) is 10.6. The molecule has 7 nitrogen and oxygen atoms in total. The van der Waals surface area contributed by atoms with E-state index >= 15 is 0 Å². The average molecular weight is 454 g/mol. The summed E-state index contributed by atoms with van der Waals surface area (Å²) in [5.74, 6) is 1.42. The number of anilines is 1. The smallest absolute Gasteiger partial charge is 0.230 e. The quantitative estimate of drug-likeness (QED) is 0.418. The number of rotatable bonds is 5. The molecule has 0 aromatic carbocycles. The summed E-state index contributed by atoms with van der Waals surface area (Å²) in [7, 11) is 0. The van der Waals surface area contributed by atoms with Crippen LogP contribution in [0.5, 0.6) is 0 Å². The van der Waals surface area contributed by atoms with Gasteiger partial charge >= 0.3 is 0 Å². The van der Waals surface area contributed by atoms with E-state index in [2.05, 4.69) is 27.1 Å². The molecule has 1 unspecified atom stereocenters. The molecule has 2 fully saturated rings. The number of halogens is 1. The molecule has 30 heavy (non-hydrogen) atoms. The number of nitrogens with zero attached hydrogens (tertiary/aromatic N) is 4. The number of hydrogen-bond acceptors (Lipinski definition) is 6. The van der Waals surface area contributed by atoms with E-state index in [4.69, 9.17) is 11.6 Å². The fourth-order valence-electron chi connectivity index (χ4n) is 4.10. The highest BCUT2D eigenvalue weighted by molar-refractivity contribution is 7.99. The van der Waals surface area contributed by atoms with Crippen LogP contribution in [-0.2, 0) is 9.59 Å². The van der Waals surface area contributed by atoms with Gasteiger partial charge in [0.1, 0.15) is 11.0 Å². The Kier molecular flexibility index (Phi) is 7.50. The minimum Gasteiger partial charge on any atom is -0.353 e. The number of aromatic nitrogens is 2. The first-order chi connectivity index (χ1) is 14.1. The molecule has 1 saturated carbocycles. The lowest BCUT2D eigenvalue weighted by atomic mass is 10.0. The molecule has 166 valence electrons. The Labute approximate surface area is 188 Å². The molecule has 1 saturated heterocycles. The Hall–Kier alpha value is -1.54. The van der Waals surface area contributed by atoms with Crippen LogP contribution < -0.4 is 10.2 Å². The predicted molar refractivity (Wildman–Crippen MR) is 121 cm³/mol. The number of amides is 2. The van der Waals surface area contributed by atoms with Crippen molar-refractivity contribution in [2.45, 2.75) is 70.1 Å². The Balaban J connectivity index is 1.61. The Morgan fingerprint density at radius 1 is 1.23 bits per heavy atom. The maximum Gasteiger partial charge on any atom is 0.230 e. The van der Waals surface area contributed by atoms with Crippen LogP contribution in [0.4, 0.5) is 5.82 Å². The minimum absolute atomic E-state index is 0.0645. The highest BCUT2D eigenvalue weighted by Gasteiger charge is 2.33. The van der Waals surface area contributed by atoms with Crippen molar-refractivity contribution < 1.29 is 9.59 Å². The minimum atomic E-state index is -0.274. The standard InChI is InChI=1S/C21H32ClN5O2S/c1-14-12-26(9-10-27(14)19(29)15-7-5-6-8-15)17-11-16(22)23-20(24-17)30-13-18(28)25-21(2,3)4/h11,14-15H,5-10,12-13H2,1-4H3,(H,25,28). The van der Waals surface area contributed by atoms with Crippen LogP contribution in [0.15, 0.2) is 11.2 Å². The fourth-order valence-corrected chi connectivity index (χ4v) is 4.98. The summed E-state index contributed by atoms with van der Waals surface area (Å²) in [5.41, 5.74) is -0.274. The second-order valence-electron chi connectivity index (χ2n) is 9.23. The van der Waals surface area contributed by atoms with Crippen molar-refractivity contribution >= 4 is 41.0 Å². The largest absolute Gasteiger partial charge is 0.353 e. The molecule has 9 heteroatoms. The number of hydrogen-bond donors (Lipinski definition) is 1. The molecule has 0 spiro atoms. The van der Waals surface area contributed by atoms with Crippen molar-refractivity contribution in [1.29, 1.82) is 0 Å². The lowest BCUT2D eigenvalue weighted by Gasteiger charge is -2.41. The maximum absolute atomic E-state index is 12.8. The fraction of sp³-hybridized carbons (Fsp3) is 0.714. The van der Waals surface area contributed by atoms with Crippen LogP contribution in [0.2, 0.25) is 5.15 Å². The molecule has 1 aromatic rings. The van der Waals surface area contributed by atoms with Crippen LogP contribution in [0.3, 0.4) is 0 Å². The van der Waals surface area contributed by atoms with Gasteiger partial charge in [0, 0.05) is 43.2 Å². The number of nitrogens with one attached hydrogen (secondary N) is 1. The van der Waals surface area contributed by atoms with E-state index in [1.165, 1.54) is 24.6 Å². The van der Waals surface area contributed by atoms with Crippen LogP contribution in [0.25, 0.3) is 0 Å². The van der Waals surface area contributed by atoms with Gasteiger partial charge in [-0.25, -0.2) is 9.97 Å². The van der Waals surface area contributed by atoms with Crippen LogP contribution in [0, 0.1) is 5.92 Å². The molecular formula is C21H32ClN5O2S. The number of carbonyl (C=O) groups is 2. The van der Waals surface area contributed by atoms with E-state index < -0.39 is 0 Å².